The third-order valence-electron chi connectivity index (χ3n) is 3.54. The van der Waals surface area contributed by atoms with Gasteiger partial charge in [0.25, 0.3) is 0 Å². The molecule has 1 aliphatic heterocycles. The summed E-state index contributed by atoms with van der Waals surface area (Å²) in [6.07, 6.45) is 1.89. The molecule has 0 fully saturated rings. The Morgan fingerprint density at radius 3 is 2.73 bits per heavy atom. The molecule has 1 aromatic heterocycles. The quantitative estimate of drug-likeness (QED) is 0.636. The monoisotopic (exact) mass is 198 g/mol. The van der Waals surface area contributed by atoms with E-state index in [1.54, 1.807) is 0 Å². The van der Waals surface area contributed by atoms with Crippen LogP contribution in [0, 0.1) is 0 Å². The average molecular weight is 198 g/mol. The summed E-state index contributed by atoms with van der Waals surface area (Å²) in [5.74, 6) is 1.12. The zero-order chi connectivity index (χ0) is 10.4. The van der Waals surface area contributed by atoms with E-state index in [9.17, 15) is 0 Å². The van der Waals surface area contributed by atoms with Crippen molar-refractivity contribution in [3.8, 4) is 5.69 Å². The van der Waals surface area contributed by atoms with E-state index in [1.807, 2.05) is 6.20 Å². The number of rotatable bonds is 0. The Balaban J connectivity index is 2.32. The molecule has 0 saturated heterocycles. The van der Waals surface area contributed by atoms with Crippen LogP contribution in [0.15, 0.2) is 36.5 Å². The lowest BCUT2D eigenvalue weighted by Gasteiger charge is -2.29. The minimum absolute atomic E-state index is 0.544. The summed E-state index contributed by atoms with van der Waals surface area (Å²) >= 11 is 0. The number of benzene rings is 1. The minimum atomic E-state index is 0.544. The van der Waals surface area contributed by atoms with E-state index in [0.717, 1.165) is 0 Å². The largest absolute Gasteiger partial charge is 0.237 e. The Bertz CT molecular complexity index is 499. The zero-order valence-electron chi connectivity index (χ0n) is 9.01. The molecule has 0 saturated carbocycles. The maximum Gasteiger partial charge on any atom is 0.0683 e. The van der Waals surface area contributed by atoms with Gasteiger partial charge in [-0.15, -0.1) is 0 Å². The van der Waals surface area contributed by atoms with Crippen molar-refractivity contribution in [2.75, 3.05) is 0 Å². The summed E-state index contributed by atoms with van der Waals surface area (Å²) in [5.41, 5.74) is 3.96. The van der Waals surface area contributed by atoms with Crippen molar-refractivity contribution in [3.63, 3.8) is 0 Å². The molecule has 0 bridgehead atoms. The van der Waals surface area contributed by atoms with Gasteiger partial charge in [0.15, 0.2) is 0 Å². The smallest absolute Gasteiger partial charge is 0.0683 e. The molecule has 1 aliphatic rings. The number of nitrogens with zero attached hydrogens (tertiary/aromatic N) is 2. The van der Waals surface area contributed by atoms with E-state index >= 15 is 0 Å². The molecule has 2 aromatic rings. The van der Waals surface area contributed by atoms with Crippen LogP contribution in [0.25, 0.3) is 5.69 Å². The highest BCUT2D eigenvalue weighted by molar-refractivity contribution is 5.48. The Morgan fingerprint density at radius 1 is 1.07 bits per heavy atom. The fraction of sp³-hybridized carbons (Fsp3) is 0.308. The lowest BCUT2D eigenvalue weighted by molar-refractivity contribution is 0.552. The molecule has 0 spiro atoms. The molecule has 76 valence electrons. The highest BCUT2D eigenvalue weighted by Gasteiger charge is 2.27. The van der Waals surface area contributed by atoms with Crippen molar-refractivity contribution in [2.24, 2.45) is 0 Å². The van der Waals surface area contributed by atoms with E-state index in [0.29, 0.717) is 11.8 Å². The third kappa shape index (κ3) is 1.08. The molecular weight excluding hydrogens is 184 g/mol. The van der Waals surface area contributed by atoms with E-state index < -0.39 is 0 Å². The second-order valence-electron chi connectivity index (χ2n) is 4.30. The molecule has 0 amide bonds. The van der Waals surface area contributed by atoms with Crippen LogP contribution in [0.5, 0.6) is 0 Å². The number of para-hydroxylation sites is 1. The normalized spacial score (nSPS) is 23.3. The van der Waals surface area contributed by atoms with Gasteiger partial charge < -0.3 is 0 Å². The molecule has 2 atom stereocenters. The Labute approximate surface area is 89.5 Å². The summed E-state index contributed by atoms with van der Waals surface area (Å²) in [6.45, 7) is 4.56. The molecule has 0 radical (unpaired) electrons. The highest BCUT2D eigenvalue weighted by Crippen LogP contribution is 2.40. The Morgan fingerprint density at radius 2 is 1.87 bits per heavy atom. The number of hydrogen-bond donors (Lipinski definition) is 0. The fourth-order valence-corrected chi connectivity index (χ4v) is 2.45. The van der Waals surface area contributed by atoms with Gasteiger partial charge in [-0.1, -0.05) is 32.0 Å². The first-order valence-corrected chi connectivity index (χ1v) is 5.42. The molecule has 0 aliphatic carbocycles. The first-order chi connectivity index (χ1) is 7.29. The molecule has 2 heterocycles. The average Bonchev–Trinajstić information content (AvgIpc) is 2.75. The number of hydrogen-bond acceptors (Lipinski definition) is 1. The summed E-state index contributed by atoms with van der Waals surface area (Å²) < 4.78 is 2.07. The summed E-state index contributed by atoms with van der Waals surface area (Å²) in [6, 6.07) is 10.7. The van der Waals surface area contributed by atoms with Gasteiger partial charge >= 0.3 is 0 Å². The lowest BCUT2D eigenvalue weighted by atomic mass is 9.83. The van der Waals surface area contributed by atoms with Crippen molar-refractivity contribution in [3.05, 3.63) is 47.8 Å². The SMILES string of the molecule is C[C@@H]1c2ccnn2-c2ccccc2[C@@H]1C. The van der Waals surface area contributed by atoms with E-state index in [1.165, 1.54) is 16.9 Å². The van der Waals surface area contributed by atoms with Crippen molar-refractivity contribution < 1.29 is 0 Å². The van der Waals surface area contributed by atoms with Gasteiger partial charge in [-0.25, -0.2) is 4.68 Å². The van der Waals surface area contributed by atoms with Gasteiger partial charge in [-0.3, -0.25) is 0 Å². The van der Waals surface area contributed by atoms with Crippen molar-refractivity contribution in [2.45, 2.75) is 25.7 Å². The van der Waals surface area contributed by atoms with Gasteiger partial charge in [0.05, 0.1) is 5.69 Å². The van der Waals surface area contributed by atoms with Crippen LogP contribution in [0.1, 0.15) is 36.9 Å². The van der Waals surface area contributed by atoms with Crippen LogP contribution >= 0.6 is 0 Å². The fourth-order valence-electron chi connectivity index (χ4n) is 2.45. The van der Waals surface area contributed by atoms with Crippen LogP contribution < -0.4 is 0 Å². The molecule has 15 heavy (non-hydrogen) atoms. The predicted octanol–water partition coefficient (Wildman–Crippen LogP) is 3.09. The van der Waals surface area contributed by atoms with Gasteiger partial charge in [0.2, 0.25) is 0 Å². The van der Waals surface area contributed by atoms with Crippen LogP contribution in [0.3, 0.4) is 0 Å². The minimum Gasteiger partial charge on any atom is -0.237 e. The molecule has 0 unspecified atom stereocenters. The van der Waals surface area contributed by atoms with Crippen molar-refractivity contribution in [1.82, 2.24) is 9.78 Å². The third-order valence-corrected chi connectivity index (χ3v) is 3.54. The van der Waals surface area contributed by atoms with E-state index in [2.05, 4.69) is 54.0 Å². The number of fused-ring (bicyclic) bond motifs is 3. The van der Waals surface area contributed by atoms with Gasteiger partial charge in [-0.05, 0) is 23.6 Å². The predicted molar refractivity (Wildman–Crippen MR) is 60.4 cm³/mol. The van der Waals surface area contributed by atoms with Crippen LogP contribution in [0.2, 0.25) is 0 Å². The molecule has 0 N–H and O–H groups in total. The topological polar surface area (TPSA) is 17.8 Å². The van der Waals surface area contributed by atoms with E-state index in [4.69, 9.17) is 0 Å². The van der Waals surface area contributed by atoms with E-state index in [-0.39, 0.29) is 0 Å². The Kier molecular flexibility index (Phi) is 1.72. The maximum absolute atomic E-state index is 4.40. The van der Waals surface area contributed by atoms with Crippen LogP contribution in [-0.2, 0) is 0 Å². The van der Waals surface area contributed by atoms with Crippen molar-refractivity contribution >= 4 is 0 Å². The summed E-state index contributed by atoms with van der Waals surface area (Å²) in [4.78, 5) is 0. The summed E-state index contributed by atoms with van der Waals surface area (Å²) in [7, 11) is 0. The molecule has 2 heteroatoms. The summed E-state index contributed by atoms with van der Waals surface area (Å²) in [5, 5.41) is 4.40. The molecule has 2 nitrogen and oxygen atoms in total. The van der Waals surface area contributed by atoms with Gasteiger partial charge in [-0.2, -0.15) is 5.10 Å². The van der Waals surface area contributed by atoms with Crippen LogP contribution in [-0.4, -0.2) is 9.78 Å². The second-order valence-corrected chi connectivity index (χ2v) is 4.30. The number of aromatic nitrogens is 2. The van der Waals surface area contributed by atoms with Crippen LogP contribution in [0.4, 0.5) is 0 Å². The van der Waals surface area contributed by atoms with Crippen molar-refractivity contribution in [1.29, 1.82) is 0 Å². The van der Waals surface area contributed by atoms with Gasteiger partial charge in [0.1, 0.15) is 0 Å². The second kappa shape index (κ2) is 2.96. The Hall–Kier alpha value is -1.57. The first kappa shape index (κ1) is 8.72. The molecular formula is C13H14N2. The standard InChI is InChI=1S/C13H14N2/c1-9-10(2)12-7-8-14-15(12)13-6-4-3-5-11(9)13/h3-10H,1-2H3/t9-,10+/m1/s1. The molecule has 1 aromatic carbocycles. The lowest BCUT2D eigenvalue weighted by Crippen LogP contribution is -2.19. The maximum atomic E-state index is 4.40. The zero-order valence-corrected chi connectivity index (χ0v) is 9.01. The molecule has 3 rings (SSSR count). The first-order valence-electron chi connectivity index (χ1n) is 5.42. The highest BCUT2D eigenvalue weighted by atomic mass is 15.3. The van der Waals surface area contributed by atoms with Gasteiger partial charge in [0, 0.05) is 17.8 Å².